The molecule has 1 aliphatic heterocycles. The van der Waals surface area contributed by atoms with Crippen LogP contribution in [0.1, 0.15) is 27.2 Å². The van der Waals surface area contributed by atoms with Crippen molar-refractivity contribution in [1.82, 2.24) is 4.98 Å². The van der Waals surface area contributed by atoms with E-state index < -0.39 is 0 Å². The average molecular weight is 248 g/mol. The minimum absolute atomic E-state index is 0.363. The topological polar surface area (TPSA) is 63.0 Å². The Bertz CT molecular complexity index is 742. The van der Waals surface area contributed by atoms with Gasteiger partial charge in [0.1, 0.15) is 5.76 Å². The van der Waals surface area contributed by atoms with Crippen molar-refractivity contribution in [1.29, 1.82) is 5.26 Å². The molecule has 0 saturated heterocycles. The van der Waals surface area contributed by atoms with Gasteiger partial charge in [-0.1, -0.05) is 18.2 Å². The van der Waals surface area contributed by atoms with Gasteiger partial charge in [0.25, 0.3) is 0 Å². The van der Waals surface area contributed by atoms with Crippen molar-refractivity contribution in [3.8, 4) is 6.07 Å². The van der Waals surface area contributed by atoms with Crippen molar-refractivity contribution < 1.29 is 9.53 Å². The number of cyclic esters (lactones) is 1. The lowest BCUT2D eigenvalue weighted by Crippen LogP contribution is -1.92. The van der Waals surface area contributed by atoms with Crippen LogP contribution in [0.25, 0.3) is 11.8 Å². The van der Waals surface area contributed by atoms with E-state index in [9.17, 15) is 4.79 Å². The van der Waals surface area contributed by atoms with Crippen LogP contribution < -0.4 is 0 Å². The van der Waals surface area contributed by atoms with Crippen LogP contribution in [0, 0.1) is 11.3 Å². The maximum absolute atomic E-state index is 11.7. The summed E-state index contributed by atoms with van der Waals surface area (Å²) in [6.07, 6.45) is 3.21. The van der Waals surface area contributed by atoms with Crippen molar-refractivity contribution in [2.75, 3.05) is 0 Å². The summed E-state index contributed by atoms with van der Waals surface area (Å²) in [4.78, 5) is 15.8. The summed E-state index contributed by atoms with van der Waals surface area (Å²) < 4.78 is 5.21. The van der Waals surface area contributed by atoms with Crippen LogP contribution in [0.5, 0.6) is 0 Å². The Morgan fingerprint density at radius 1 is 1.21 bits per heavy atom. The van der Waals surface area contributed by atoms with Crippen LogP contribution in [0.4, 0.5) is 0 Å². The Hall–Kier alpha value is -2.93. The van der Waals surface area contributed by atoms with E-state index in [1.165, 1.54) is 0 Å². The Balaban J connectivity index is 2.06. The molecule has 1 aromatic carbocycles. The minimum Gasteiger partial charge on any atom is -0.422 e. The predicted molar refractivity (Wildman–Crippen MR) is 68.7 cm³/mol. The SMILES string of the molecule is N#Cc1ccnc(/C=C2\OC(=O)c3ccccc32)c1. The van der Waals surface area contributed by atoms with Crippen LogP contribution in [0.3, 0.4) is 0 Å². The molecule has 1 aromatic heterocycles. The molecule has 0 atom stereocenters. The number of benzene rings is 1. The monoisotopic (exact) mass is 248 g/mol. The van der Waals surface area contributed by atoms with Gasteiger partial charge < -0.3 is 4.74 Å². The number of carbonyl (C=O) groups excluding carboxylic acids is 1. The average Bonchev–Trinajstić information content (AvgIpc) is 2.76. The first kappa shape index (κ1) is 11.2. The number of nitriles is 1. The molecule has 0 amide bonds. The molecular weight excluding hydrogens is 240 g/mol. The van der Waals surface area contributed by atoms with E-state index in [0.717, 1.165) is 5.56 Å². The van der Waals surface area contributed by atoms with Gasteiger partial charge in [-0.05, 0) is 18.2 Å². The smallest absolute Gasteiger partial charge is 0.344 e. The van der Waals surface area contributed by atoms with E-state index in [0.29, 0.717) is 22.6 Å². The van der Waals surface area contributed by atoms with Crippen LogP contribution in [0.2, 0.25) is 0 Å². The van der Waals surface area contributed by atoms with Gasteiger partial charge in [-0.25, -0.2) is 4.79 Å². The number of hydrogen-bond donors (Lipinski definition) is 0. The highest BCUT2D eigenvalue weighted by Crippen LogP contribution is 2.30. The van der Waals surface area contributed by atoms with Crippen molar-refractivity contribution in [3.63, 3.8) is 0 Å². The highest BCUT2D eigenvalue weighted by Gasteiger charge is 2.25. The van der Waals surface area contributed by atoms with Gasteiger partial charge in [0, 0.05) is 17.8 Å². The number of fused-ring (bicyclic) bond motifs is 1. The highest BCUT2D eigenvalue weighted by atomic mass is 16.5. The minimum atomic E-state index is -0.363. The number of esters is 1. The molecule has 4 heteroatoms. The zero-order valence-electron chi connectivity index (χ0n) is 9.83. The van der Waals surface area contributed by atoms with E-state index in [2.05, 4.69) is 4.98 Å². The summed E-state index contributed by atoms with van der Waals surface area (Å²) in [5.74, 6) is 0.0986. The van der Waals surface area contributed by atoms with Crippen molar-refractivity contribution in [2.24, 2.45) is 0 Å². The van der Waals surface area contributed by atoms with Gasteiger partial charge in [0.2, 0.25) is 0 Å². The highest BCUT2D eigenvalue weighted by molar-refractivity contribution is 6.05. The zero-order chi connectivity index (χ0) is 13.2. The molecule has 4 nitrogen and oxygen atoms in total. The van der Waals surface area contributed by atoms with Gasteiger partial charge in [-0.3, -0.25) is 4.98 Å². The van der Waals surface area contributed by atoms with Gasteiger partial charge in [-0.2, -0.15) is 5.26 Å². The number of ether oxygens (including phenoxy) is 1. The Labute approximate surface area is 109 Å². The fourth-order valence-corrected chi connectivity index (χ4v) is 1.92. The Morgan fingerprint density at radius 3 is 2.79 bits per heavy atom. The second kappa shape index (κ2) is 4.39. The van der Waals surface area contributed by atoms with E-state index in [4.69, 9.17) is 10.00 Å². The summed E-state index contributed by atoms with van der Waals surface area (Å²) in [6.45, 7) is 0. The summed E-state index contributed by atoms with van der Waals surface area (Å²) in [6, 6.07) is 12.5. The fraction of sp³-hybridized carbons (Fsp3) is 0. The quantitative estimate of drug-likeness (QED) is 0.728. The second-order valence-electron chi connectivity index (χ2n) is 4.02. The Morgan fingerprint density at radius 2 is 2.00 bits per heavy atom. The van der Waals surface area contributed by atoms with Crippen molar-refractivity contribution in [2.45, 2.75) is 0 Å². The lowest BCUT2D eigenvalue weighted by molar-refractivity contribution is 0.0717. The molecular formula is C15H8N2O2. The van der Waals surface area contributed by atoms with Crippen LogP contribution in [-0.2, 0) is 4.74 Å². The van der Waals surface area contributed by atoms with Crippen molar-refractivity contribution >= 4 is 17.8 Å². The third-order valence-corrected chi connectivity index (χ3v) is 2.80. The van der Waals surface area contributed by atoms with Gasteiger partial charge in [0.05, 0.1) is 22.9 Å². The molecule has 0 spiro atoms. The van der Waals surface area contributed by atoms with Gasteiger partial charge in [-0.15, -0.1) is 0 Å². The normalized spacial score (nSPS) is 14.9. The molecule has 0 radical (unpaired) electrons. The van der Waals surface area contributed by atoms with Crippen LogP contribution >= 0.6 is 0 Å². The maximum atomic E-state index is 11.7. The third kappa shape index (κ3) is 1.98. The van der Waals surface area contributed by atoms with Crippen LogP contribution in [0.15, 0.2) is 42.6 Å². The number of carbonyl (C=O) groups is 1. The lowest BCUT2D eigenvalue weighted by Gasteiger charge is -1.98. The van der Waals surface area contributed by atoms with Crippen molar-refractivity contribution in [3.05, 3.63) is 65.0 Å². The van der Waals surface area contributed by atoms with E-state index in [1.807, 2.05) is 18.2 Å². The van der Waals surface area contributed by atoms with E-state index in [-0.39, 0.29) is 5.97 Å². The number of hydrogen-bond acceptors (Lipinski definition) is 4. The van der Waals surface area contributed by atoms with E-state index in [1.54, 1.807) is 36.5 Å². The molecule has 0 fully saturated rings. The summed E-state index contributed by atoms with van der Waals surface area (Å²) in [7, 11) is 0. The molecule has 0 aliphatic carbocycles. The standard InChI is InChI=1S/C15H8N2O2/c16-9-10-5-6-17-11(7-10)8-14-12-3-1-2-4-13(12)15(18)19-14/h1-8H/b14-8-. The maximum Gasteiger partial charge on any atom is 0.344 e. The molecule has 3 rings (SSSR count). The number of pyridine rings is 1. The lowest BCUT2D eigenvalue weighted by atomic mass is 10.1. The third-order valence-electron chi connectivity index (χ3n) is 2.80. The Kier molecular flexibility index (Phi) is 2.58. The first-order chi connectivity index (χ1) is 9.28. The molecule has 2 aromatic rings. The molecule has 0 unspecified atom stereocenters. The first-order valence-corrected chi connectivity index (χ1v) is 5.67. The van der Waals surface area contributed by atoms with Crippen LogP contribution in [-0.4, -0.2) is 11.0 Å². The molecule has 0 bridgehead atoms. The fourth-order valence-electron chi connectivity index (χ4n) is 1.92. The summed E-state index contributed by atoms with van der Waals surface area (Å²) >= 11 is 0. The molecule has 0 saturated carbocycles. The molecule has 1 aliphatic rings. The number of aromatic nitrogens is 1. The number of rotatable bonds is 1. The largest absolute Gasteiger partial charge is 0.422 e. The molecule has 19 heavy (non-hydrogen) atoms. The van der Waals surface area contributed by atoms with Gasteiger partial charge >= 0.3 is 5.97 Å². The molecule has 0 N–H and O–H groups in total. The zero-order valence-corrected chi connectivity index (χ0v) is 9.83. The molecule has 2 heterocycles. The summed E-state index contributed by atoms with van der Waals surface area (Å²) in [5.41, 5.74) is 2.39. The predicted octanol–water partition coefficient (Wildman–Crippen LogP) is 2.62. The first-order valence-electron chi connectivity index (χ1n) is 5.67. The van der Waals surface area contributed by atoms with Gasteiger partial charge in [0.15, 0.2) is 0 Å². The van der Waals surface area contributed by atoms with E-state index >= 15 is 0 Å². The second-order valence-corrected chi connectivity index (χ2v) is 4.02. The molecule has 90 valence electrons. The number of nitrogens with zero attached hydrogens (tertiary/aromatic N) is 2. The summed E-state index contributed by atoms with van der Waals surface area (Å²) in [5, 5.41) is 8.84.